The first-order valence-corrected chi connectivity index (χ1v) is 11.5. The minimum absolute atomic E-state index is 0.203. The summed E-state index contributed by atoms with van der Waals surface area (Å²) in [4.78, 5) is 36.6. The molecule has 0 atom stereocenters. The van der Waals surface area contributed by atoms with Gasteiger partial charge in [0, 0.05) is 44.6 Å². The number of hydrogen-bond donors (Lipinski definition) is 2. The van der Waals surface area contributed by atoms with Crippen molar-refractivity contribution >= 4 is 23.3 Å². The third-order valence-electron chi connectivity index (χ3n) is 5.88. The fraction of sp³-hybridized carbons (Fsp3) is 0.375. The number of aromatic nitrogens is 4. The van der Waals surface area contributed by atoms with Gasteiger partial charge in [-0.3, -0.25) is 14.3 Å². The van der Waals surface area contributed by atoms with Crippen molar-refractivity contribution in [2.45, 2.75) is 12.8 Å². The number of morpholine rings is 1. The number of pyridine rings is 2. The highest BCUT2D eigenvalue weighted by Gasteiger charge is 2.25. The first-order chi connectivity index (χ1) is 16.6. The Labute approximate surface area is 197 Å². The molecule has 0 spiro atoms. The summed E-state index contributed by atoms with van der Waals surface area (Å²) in [7, 11) is 1.71. The lowest BCUT2D eigenvalue weighted by Gasteiger charge is -2.26. The average molecular weight is 462 g/mol. The lowest BCUT2D eigenvalue weighted by atomic mass is 10.1. The quantitative estimate of drug-likeness (QED) is 0.555. The minimum atomic E-state index is -0.410. The third-order valence-corrected chi connectivity index (χ3v) is 5.88. The van der Waals surface area contributed by atoms with Gasteiger partial charge in [0.2, 0.25) is 0 Å². The smallest absolute Gasteiger partial charge is 0.276 e. The van der Waals surface area contributed by atoms with Crippen LogP contribution in [-0.2, 0) is 11.8 Å². The number of ether oxygens (including phenoxy) is 1. The van der Waals surface area contributed by atoms with Crippen LogP contribution in [0.3, 0.4) is 0 Å². The maximum atomic E-state index is 13.0. The van der Waals surface area contributed by atoms with Crippen molar-refractivity contribution in [3.05, 3.63) is 54.1 Å². The number of carbonyl (C=O) groups excluding carboxylic acids is 2. The molecule has 34 heavy (non-hydrogen) atoms. The van der Waals surface area contributed by atoms with Gasteiger partial charge in [-0.05, 0) is 43.0 Å². The SMILES string of the molecule is Cn1cc(NC(=O)c2cccc(-c3ccnc(NCC4CC4)c3)n2)c(C(=O)N2CCOCC2)n1. The molecule has 2 fully saturated rings. The van der Waals surface area contributed by atoms with Gasteiger partial charge in [-0.15, -0.1) is 0 Å². The van der Waals surface area contributed by atoms with Crippen molar-refractivity contribution in [1.82, 2.24) is 24.6 Å². The molecule has 176 valence electrons. The van der Waals surface area contributed by atoms with E-state index in [4.69, 9.17) is 4.74 Å². The van der Waals surface area contributed by atoms with Crippen molar-refractivity contribution < 1.29 is 14.3 Å². The van der Waals surface area contributed by atoms with E-state index in [0.717, 1.165) is 23.8 Å². The second-order valence-corrected chi connectivity index (χ2v) is 8.59. The Morgan fingerprint density at radius 1 is 1.18 bits per heavy atom. The van der Waals surface area contributed by atoms with Crippen LogP contribution >= 0.6 is 0 Å². The van der Waals surface area contributed by atoms with Gasteiger partial charge in [0.1, 0.15) is 11.5 Å². The number of hydrogen-bond acceptors (Lipinski definition) is 7. The van der Waals surface area contributed by atoms with E-state index in [-0.39, 0.29) is 17.3 Å². The number of aryl methyl sites for hydroxylation is 1. The molecule has 0 bridgehead atoms. The van der Waals surface area contributed by atoms with Crippen molar-refractivity contribution in [2.24, 2.45) is 13.0 Å². The highest BCUT2D eigenvalue weighted by atomic mass is 16.5. The summed E-state index contributed by atoms with van der Waals surface area (Å²) in [6.45, 7) is 2.89. The molecule has 4 heterocycles. The molecule has 5 rings (SSSR count). The molecule has 2 N–H and O–H groups in total. The normalized spacial score (nSPS) is 15.7. The first-order valence-electron chi connectivity index (χ1n) is 11.5. The molecule has 1 saturated heterocycles. The van der Waals surface area contributed by atoms with Crippen LogP contribution in [0.1, 0.15) is 33.8 Å². The predicted molar refractivity (Wildman–Crippen MR) is 127 cm³/mol. The zero-order valence-electron chi connectivity index (χ0n) is 19.0. The van der Waals surface area contributed by atoms with Crippen LogP contribution in [0.25, 0.3) is 11.3 Å². The van der Waals surface area contributed by atoms with E-state index in [1.807, 2.05) is 18.2 Å². The number of nitrogens with one attached hydrogen (secondary N) is 2. The molecular weight excluding hydrogens is 434 g/mol. The fourth-order valence-corrected chi connectivity index (χ4v) is 3.82. The van der Waals surface area contributed by atoms with E-state index < -0.39 is 5.91 Å². The van der Waals surface area contributed by atoms with Gasteiger partial charge in [-0.25, -0.2) is 9.97 Å². The summed E-state index contributed by atoms with van der Waals surface area (Å²) < 4.78 is 6.83. The van der Waals surface area contributed by atoms with Crippen LogP contribution in [0, 0.1) is 5.92 Å². The van der Waals surface area contributed by atoms with Gasteiger partial charge >= 0.3 is 0 Å². The second-order valence-electron chi connectivity index (χ2n) is 8.59. The summed E-state index contributed by atoms with van der Waals surface area (Å²) in [6.07, 6.45) is 5.89. The molecule has 0 radical (unpaired) electrons. The average Bonchev–Trinajstić information content (AvgIpc) is 3.64. The van der Waals surface area contributed by atoms with Crippen LogP contribution in [0.2, 0.25) is 0 Å². The maximum absolute atomic E-state index is 13.0. The van der Waals surface area contributed by atoms with Crippen LogP contribution in [-0.4, -0.2) is 69.3 Å². The molecule has 0 aromatic carbocycles. The van der Waals surface area contributed by atoms with Crippen LogP contribution in [0.5, 0.6) is 0 Å². The fourth-order valence-electron chi connectivity index (χ4n) is 3.82. The Morgan fingerprint density at radius 2 is 2.00 bits per heavy atom. The molecule has 3 aromatic rings. The van der Waals surface area contributed by atoms with Crippen LogP contribution in [0.4, 0.5) is 11.5 Å². The van der Waals surface area contributed by atoms with Crippen molar-refractivity contribution in [2.75, 3.05) is 43.5 Å². The van der Waals surface area contributed by atoms with E-state index in [1.54, 1.807) is 36.5 Å². The van der Waals surface area contributed by atoms with Gasteiger partial charge < -0.3 is 20.3 Å². The van der Waals surface area contributed by atoms with Gasteiger partial charge in [-0.1, -0.05) is 6.07 Å². The molecule has 0 unspecified atom stereocenters. The second kappa shape index (κ2) is 9.60. The molecule has 3 aromatic heterocycles. The topological polar surface area (TPSA) is 114 Å². The summed E-state index contributed by atoms with van der Waals surface area (Å²) in [5.41, 5.74) is 2.34. The minimum Gasteiger partial charge on any atom is -0.378 e. The largest absolute Gasteiger partial charge is 0.378 e. The zero-order chi connectivity index (χ0) is 23.5. The molecule has 1 aliphatic carbocycles. The number of amides is 2. The molecule has 10 nitrogen and oxygen atoms in total. The lowest BCUT2D eigenvalue weighted by molar-refractivity contribution is 0.0299. The van der Waals surface area contributed by atoms with Crippen molar-refractivity contribution in [3.63, 3.8) is 0 Å². The lowest BCUT2D eigenvalue weighted by Crippen LogP contribution is -2.41. The standard InChI is InChI=1S/C24H27N7O3/c1-30-15-20(22(29-30)24(33)31-9-11-34-12-10-31)28-23(32)19-4-2-3-18(27-19)17-7-8-25-21(13-17)26-14-16-5-6-16/h2-4,7-8,13,15-16H,5-6,9-12,14H2,1H3,(H,25,26)(H,28,32). The molecule has 2 amide bonds. The van der Waals surface area contributed by atoms with Gasteiger partial charge in [0.25, 0.3) is 11.8 Å². The van der Waals surface area contributed by atoms with Gasteiger partial charge in [-0.2, -0.15) is 5.10 Å². The number of rotatable bonds is 7. The number of anilines is 2. The summed E-state index contributed by atoms with van der Waals surface area (Å²) in [5.74, 6) is 0.890. The maximum Gasteiger partial charge on any atom is 0.276 e. The molecule has 1 saturated carbocycles. The van der Waals surface area contributed by atoms with Crippen molar-refractivity contribution in [1.29, 1.82) is 0 Å². The monoisotopic (exact) mass is 461 g/mol. The third kappa shape index (κ3) is 5.07. The van der Waals surface area contributed by atoms with Gasteiger partial charge in [0.15, 0.2) is 5.69 Å². The molecule has 2 aliphatic rings. The Balaban J connectivity index is 1.32. The van der Waals surface area contributed by atoms with E-state index in [9.17, 15) is 9.59 Å². The van der Waals surface area contributed by atoms with Crippen LogP contribution in [0.15, 0.2) is 42.7 Å². The highest BCUT2D eigenvalue weighted by molar-refractivity contribution is 6.07. The Bertz CT molecular complexity index is 1200. The predicted octanol–water partition coefficient (Wildman–Crippen LogP) is 2.42. The number of carbonyl (C=O) groups is 2. The van der Waals surface area contributed by atoms with E-state index in [1.165, 1.54) is 17.5 Å². The van der Waals surface area contributed by atoms with E-state index in [2.05, 4.69) is 25.7 Å². The van der Waals surface area contributed by atoms with E-state index >= 15 is 0 Å². The highest BCUT2D eigenvalue weighted by Crippen LogP contribution is 2.29. The summed E-state index contributed by atoms with van der Waals surface area (Å²) in [6, 6.07) is 9.09. The summed E-state index contributed by atoms with van der Waals surface area (Å²) >= 11 is 0. The number of nitrogens with zero attached hydrogens (tertiary/aromatic N) is 5. The van der Waals surface area contributed by atoms with Gasteiger partial charge in [0.05, 0.1) is 24.6 Å². The Hall–Kier alpha value is -3.79. The Morgan fingerprint density at radius 3 is 2.79 bits per heavy atom. The molecule has 10 heteroatoms. The van der Waals surface area contributed by atoms with Crippen molar-refractivity contribution in [3.8, 4) is 11.3 Å². The van der Waals surface area contributed by atoms with E-state index in [0.29, 0.717) is 37.7 Å². The Kier molecular flexibility index (Phi) is 6.22. The van der Waals surface area contributed by atoms with Crippen LogP contribution < -0.4 is 10.6 Å². The zero-order valence-corrected chi connectivity index (χ0v) is 19.0. The first kappa shape index (κ1) is 22.0. The molecular formula is C24H27N7O3. The molecule has 1 aliphatic heterocycles. The summed E-state index contributed by atoms with van der Waals surface area (Å²) in [5, 5.41) is 10.4.